The number of nitrogens with zero attached hydrogens (tertiary/aromatic N) is 1. The number of rotatable bonds is 4. The average Bonchev–Trinajstić information content (AvgIpc) is 2.39. The van der Waals surface area contributed by atoms with Gasteiger partial charge in [-0.15, -0.1) is 0 Å². The Morgan fingerprint density at radius 1 is 1.53 bits per heavy atom. The number of piperidine rings is 1. The highest BCUT2D eigenvalue weighted by molar-refractivity contribution is 5.44. The smallest absolute Gasteiger partial charge is 0.272 e. The molecule has 1 aromatic rings. The van der Waals surface area contributed by atoms with Gasteiger partial charge in [-0.25, -0.2) is 0 Å². The van der Waals surface area contributed by atoms with Crippen molar-refractivity contribution in [3.8, 4) is 0 Å². The van der Waals surface area contributed by atoms with Gasteiger partial charge in [0, 0.05) is 18.2 Å². The summed E-state index contributed by atoms with van der Waals surface area (Å²) in [6.07, 6.45) is 1.30. The Bertz CT molecular complexity index is 462. The Morgan fingerprint density at radius 3 is 3.00 bits per heavy atom. The lowest BCUT2D eigenvalue weighted by Gasteiger charge is -2.29. The van der Waals surface area contributed by atoms with Crippen LogP contribution in [0, 0.1) is 23.0 Å². The van der Waals surface area contributed by atoms with Gasteiger partial charge in [0.05, 0.1) is 17.6 Å². The lowest BCUT2D eigenvalue weighted by molar-refractivity contribution is -0.385. The van der Waals surface area contributed by atoms with Gasteiger partial charge in [-0.2, -0.15) is 0 Å². The van der Waals surface area contributed by atoms with Crippen LogP contribution >= 0.6 is 0 Å². The van der Waals surface area contributed by atoms with E-state index in [1.54, 1.807) is 13.0 Å². The molecule has 0 bridgehead atoms. The maximum absolute atomic E-state index is 10.9. The van der Waals surface area contributed by atoms with Crippen LogP contribution in [0.1, 0.15) is 24.5 Å². The fourth-order valence-electron chi connectivity index (χ4n) is 2.41. The van der Waals surface area contributed by atoms with Crippen molar-refractivity contribution in [2.75, 3.05) is 13.1 Å². The molecule has 104 valence electrons. The monoisotopic (exact) mass is 264 g/mol. The maximum atomic E-state index is 10.9. The number of benzene rings is 1. The highest BCUT2D eigenvalue weighted by Crippen LogP contribution is 2.23. The summed E-state index contributed by atoms with van der Waals surface area (Å²) < 4.78 is 5.91. The first-order valence-corrected chi connectivity index (χ1v) is 6.64. The summed E-state index contributed by atoms with van der Waals surface area (Å²) in [5, 5.41) is 14.2. The molecule has 5 nitrogen and oxygen atoms in total. The van der Waals surface area contributed by atoms with Gasteiger partial charge < -0.3 is 10.1 Å². The highest BCUT2D eigenvalue weighted by Gasteiger charge is 2.22. The molecule has 0 radical (unpaired) electrons. The fourth-order valence-corrected chi connectivity index (χ4v) is 2.41. The zero-order valence-electron chi connectivity index (χ0n) is 11.4. The Hall–Kier alpha value is -1.46. The molecule has 0 amide bonds. The molecule has 2 unspecified atom stereocenters. The third kappa shape index (κ3) is 3.30. The van der Waals surface area contributed by atoms with E-state index in [1.807, 2.05) is 6.07 Å². The van der Waals surface area contributed by atoms with E-state index in [4.69, 9.17) is 4.74 Å². The van der Waals surface area contributed by atoms with Gasteiger partial charge >= 0.3 is 0 Å². The van der Waals surface area contributed by atoms with Crippen LogP contribution in [0.5, 0.6) is 0 Å². The van der Waals surface area contributed by atoms with E-state index in [0.717, 1.165) is 25.1 Å². The number of hydrogen-bond donors (Lipinski definition) is 1. The molecule has 2 atom stereocenters. The molecule has 1 N–H and O–H groups in total. The maximum Gasteiger partial charge on any atom is 0.272 e. The van der Waals surface area contributed by atoms with E-state index in [2.05, 4.69) is 12.2 Å². The van der Waals surface area contributed by atoms with Crippen LogP contribution in [0.15, 0.2) is 18.2 Å². The molecular weight excluding hydrogens is 244 g/mol. The molecule has 1 heterocycles. The predicted octanol–water partition coefficient (Wildman–Crippen LogP) is 2.42. The van der Waals surface area contributed by atoms with Gasteiger partial charge in [0.2, 0.25) is 0 Å². The van der Waals surface area contributed by atoms with Crippen molar-refractivity contribution >= 4 is 5.69 Å². The average molecular weight is 264 g/mol. The summed E-state index contributed by atoms with van der Waals surface area (Å²) in [6, 6.07) is 5.14. The van der Waals surface area contributed by atoms with Crippen molar-refractivity contribution in [1.82, 2.24) is 5.32 Å². The molecule has 0 spiro atoms. The van der Waals surface area contributed by atoms with E-state index in [1.165, 1.54) is 6.07 Å². The van der Waals surface area contributed by atoms with E-state index in [-0.39, 0.29) is 16.7 Å². The fraction of sp³-hybridized carbons (Fsp3) is 0.571. The first-order chi connectivity index (χ1) is 9.09. The number of nitro benzene ring substituents is 1. The topological polar surface area (TPSA) is 64.4 Å². The minimum absolute atomic E-state index is 0.163. The van der Waals surface area contributed by atoms with E-state index >= 15 is 0 Å². The predicted molar refractivity (Wildman–Crippen MR) is 73.1 cm³/mol. The van der Waals surface area contributed by atoms with E-state index in [0.29, 0.717) is 18.1 Å². The zero-order chi connectivity index (χ0) is 13.8. The Labute approximate surface area is 113 Å². The lowest BCUT2D eigenvalue weighted by atomic mass is 9.97. The van der Waals surface area contributed by atoms with Crippen molar-refractivity contribution in [1.29, 1.82) is 0 Å². The first-order valence-electron chi connectivity index (χ1n) is 6.64. The molecule has 19 heavy (non-hydrogen) atoms. The van der Waals surface area contributed by atoms with Gasteiger partial charge in [-0.1, -0.05) is 19.1 Å². The normalized spacial score (nSPS) is 23.3. The molecular formula is C14H20N2O3. The van der Waals surface area contributed by atoms with Crippen LogP contribution in [-0.4, -0.2) is 24.1 Å². The lowest BCUT2D eigenvalue weighted by Crippen LogP contribution is -2.40. The second-order valence-corrected chi connectivity index (χ2v) is 5.14. The molecule has 5 heteroatoms. The van der Waals surface area contributed by atoms with Gasteiger partial charge in [0.15, 0.2) is 0 Å². The second-order valence-electron chi connectivity index (χ2n) is 5.14. The molecule has 0 saturated carbocycles. The van der Waals surface area contributed by atoms with Crippen LogP contribution in [0.2, 0.25) is 0 Å². The summed E-state index contributed by atoms with van der Waals surface area (Å²) in [5.41, 5.74) is 1.76. The number of nitro groups is 1. The molecule has 1 aromatic carbocycles. The van der Waals surface area contributed by atoms with E-state index < -0.39 is 0 Å². The number of ether oxygens (including phenoxy) is 1. The first kappa shape index (κ1) is 14.0. The zero-order valence-corrected chi connectivity index (χ0v) is 11.4. The Morgan fingerprint density at radius 2 is 2.32 bits per heavy atom. The van der Waals surface area contributed by atoms with E-state index in [9.17, 15) is 10.1 Å². The Kier molecular flexibility index (Phi) is 4.50. The van der Waals surface area contributed by atoms with Crippen LogP contribution in [0.25, 0.3) is 0 Å². The highest BCUT2D eigenvalue weighted by atomic mass is 16.6. The molecule has 0 aromatic heterocycles. The molecule has 0 aliphatic carbocycles. The van der Waals surface area contributed by atoms with Crippen molar-refractivity contribution in [2.24, 2.45) is 5.92 Å². The van der Waals surface area contributed by atoms with Crippen molar-refractivity contribution in [2.45, 2.75) is 33.0 Å². The number of hydrogen-bond acceptors (Lipinski definition) is 4. The molecule has 2 rings (SSSR count). The molecule has 1 saturated heterocycles. The number of nitrogens with one attached hydrogen (secondary N) is 1. The molecule has 1 aliphatic heterocycles. The van der Waals surface area contributed by atoms with Crippen molar-refractivity contribution in [3.63, 3.8) is 0 Å². The minimum Gasteiger partial charge on any atom is -0.372 e. The van der Waals surface area contributed by atoms with Crippen molar-refractivity contribution in [3.05, 3.63) is 39.4 Å². The summed E-state index contributed by atoms with van der Waals surface area (Å²) >= 11 is 0. The minimum atomic E-state index is -0.344. The van der Waals surface area contributed by atoms with Crippen LogP contribution < -0.4 is 5.32 Å². The van der Waals surface area contributed by atoms with Gasteiger partial charge in [0.25, 0.3) is 5.69 Å². The van der Waals surface area contributed by atoms with Gasteiger partial charge in [-0.05, 0) is 31.4 Å². The summed E-state index contributed by atoms with van der Waals surface area (Å²) in [5.74, 6) is 0.528. The standard InChI is InChI=1S/C14H20N2O3/c1-10-6-7-15-8-14(10)19-9-12-4-3-5-13(11(12)2)16(17)18/h3-5,10,14-15H,6-9H2,1-2H3. The third-order valence-electron chi connectivity index (χ3n) is 3.82. The third-order valence-corrected chi connectivity index (χ3v) is 3.82. The van der Waals surface area contributed by atoms with Crippen molar-refractivity contribution < 1.29 is 9.66 Å². The van der Waals surface area contributed by atoms with Gasteiger partial charge in [-0.3, -0.25) is 10.1 Å². The molecule has 1 aliphatic rings. The second kappa shape index (κ2) is 6.12. The van der Waals surface area contributed by atoms with Crippen LogP contribution in [-0.2, 0) is 11.3 Å². The summed E-state index contributed by atoms with van der Waals surface area (Å²) in [6.45, 7) is 6.29. The van der Waals surface area contributed by atoms with Gasteiger partial charge in [0.1, 0.15) is 0 Å². The summed E-state index contributed by atoms with van der Waals surface area (Å²) in [7, 11) is 0. The largest absolute Gasteiger partial charge is 0.372 e. The molecule has 1 fully saturated rings. The Balaban J connectivity index is 2.03. The van der Waals surface area contributed by atoms with Crippen LogP contribution in [0.3, 0.4) is 0 Å². The summed E-state index contributed by atoms with van der Waals surface area (Å²) in [4.78, 5) is 10.5. The van der Waals surface area contributed by atoms with Crippen LogP contribution in [0.4, 0.5) is 5.69 Å². The SMILES string of the molecule is Cc1c(COC2CNCCC2C)cccc1[N+](=O)[O-]. The quantitative estimate of drug-likeness (QED) is 0.670.